The van der Waals surface area contributed by atoms with E-state index in [9.17, 15) is 4.39 Å². The van der Waals surface area contributed by atoms with E-state index in [1.807, 2.05) is 6.07 Å². The van der Waals surface area contributed by atoms with Gasteiger partial charge in [-0.05, 0) is 35.9 Å². The number of hydrogen-bond donors (Lipinski definition) is 1. The molecule has 0 aromatic heterocycles. The summed E-state index contributed by atoms with van der Waals surface area (Å²) >= 11 is 9.03. The molecule has 0 fully saturated rings. The third-order valence-corrected chi connectivity index (χ3v) is 3.06. The van der Waals surface area contributed by atoms with E-state index in [4.69, 9.17) is 22.1 Å². The molecule has 0 heterocycles. The van der Waals surface area contributed by atoms with Crippen LogP contribution in [0, 0.1) is 5.82 Å². The van der Waals surface area contributed by atoms with Gasteiger partial charge in [0, 0.05) is 11.0 Å². The molecule has 2 aromatic carbocycles. The van der Waals surface area contributed by atoms with Crippen LogP contribution in [0.5, 0.6) is 11.5 Å². The molecule has 0 radical (unpaired) electrons. The summed E-state index contributed by atoms with van der Waals surface area (Å²) in [6, 6.07) is 9.98. The predicted molar refractivity (Wildman–Crippen MR) is 73.5 cm³/mol. The Bertz CT molecular complexity index is 577. The predicted octanol–water partition coefficient (Wildman–Crippen LogP) is 4.49. The average Bonchev–Trinajstić information content (AvgIpc) is 2.34. The van der Waals surface area contributed by atoms with Crippen molar-refractivity contribution in [3.8, 4) is 11.5 Å². The first kappa shape index (κ1) is 13.3. The molecule has 18 heavy (non-hydrogen) atoms. The quantitative estimate of drug-likeness (QED) is 0.899. The zero-order valence-electron chi connectivity index (χ0n) is 9.29. The summed E-state index contributed by atoms with van der Waals surface area (Å²) in [7, 11) is 0. The van der Waals surface area contributed by atoms with Crippen molar-refractivity contribution in [1.29, 1.82) is 0 Å². The number of rotatable bonds is 3. The third kappa shape index (κ3) is 3.02. The molecule has 0 atom stereocenters. The van der Waals surface area contributed by atoms with Crippen LogP contribution < -0.4 is 10.5 Å². The summed E-state index contributed by atoms with van der Waals surface area (Å²) in [6.45, 7) is 0.383. The van der Waals surface area contributed by atoms with Gasteiger partial charge in [0.1, 0.15) is 5.75 Å². The first-order valence-electron chi connectivity index (χ1n) is 5.21. The Hall–Kier alpha value is -1.10. The van der Waals surface area contributed by atoms with E-state index in [0.29, 0.717) is 12.3 Å². The molecule has 94 valence electrons. The highest BCUT2D eigenvalue weighted by Gasteiger charge is 2.09. The number of ether oxygens (including phenoxy) is 1. The summed E-state index contributed by atoms with van der Waals surface area (Å²) in [4.78, 5) is 0. The number of nitrogens with two attached hydrogens (primary N) is 1. The lowest BCUT2D eigenvalue weighted by Gasteiger charge is -2.09. The lowest BCUT2D eigenvalue weighted by Crippen LogP contribution is -1.97. The Morgan fingerprint density at radius 2 is 2.06 bits per heavy atom. The second-order valence-corrected chi connectivity index (χ2v) is 4.98. The molecule has 0 saturated heterocycles. The second-order valence-electron chi connectivity index (χ2n) is 3.65. The van der Waals surface area contributed by atoms with Crippen molar-refractivity contribution in [2.45, 2.75) is 6.54 Å². The van der Waals surface area contributed by atoms with Gasteiger partial charge in [-0.3, -0.25) is 0 Å². The summed E-state index contributed by atoms with van der Waals surface area (Å²) in [5, 5.41) is 0.0292. The summed E-state index contributed by atoms with van der Waals surface area (Å²) in [5.41, 5.74) is 6.45. The normalized spacial score (nSPS) is 10.4. The van der Waals surface area contributed by atoms with E-state index in [1.165, 1.54) is 12.1 Å². The maximum absolute atomic E-state index is 13.7. The van der Waals surface area contributed by atoms with Gasteiger partial charge in [-0.1, -0.05) is 33.6 Å². The van der Waals surface area contributed by atoms with Crippen LogP contribution in [0.1, 0.15) is 5.56 Å². The van der Waals surface area contributed by atoms with E-state index in [0.717, 1.165) is 10.0 Å². The van der Waals surface area contributed by atoms with E-state index >= 15 is 0 Å². The highest BCUT2D eigenvalue weighted by Crippen LogP contribution is 2.30. The Labute approximate surface area is 118 Å². The standard InChI is InChI=1S/C13H10BrClFNO/c14-9-4-8(7-17)5-10(6-9)18-12-3-1-2-11(15)13(12)16/h1-6H,7,17H2. The minimum absolute atomic E-state index is 0.0292. The molecule has 2 N–H and O–H groups in total. The minimum atomic E-state index is -0.576. The first-order valence-corrected chi connectivity index (χ1v) is 6.38. The van der Waals surface area contributed by atoms with E-state index in [-0.39, 0.29) is 10.8 Å². The van der Waals surface area contributed by atoms with Gasteiger partial charge in [-0.2, -0.15) is 0 Å². The molecule has 5 heteroatoms. The van der Waals surface area contributed by atoms with Gasteiger partial charge in [0.25, 0.3) is 0 Å². The Morgan fingerprint density at radius 3 is 2.78 bits per heavy atom. The smallest absolute Gasteiger partial charge is 0.184 e. The van der Waals surface area contributed by atoms with Crippen LogP contribution in [0.15, 0.2) is 40.9 Å². The zero-order valence-corrected chi connectivity index (χ0v) is 11.6. The summed E-state index contributed by atoms with van der Waals surface area (Å²) < 4.78 is 20.0. The SMILES string of the molecule is NCc1cc(Br)cc(Oc2cccc(Cl)c2F)c1. The molecule has 0 aliphatic heterocycles. The number of hydrogen-bond acceptors (Lipinski definition) is 2. The molecule has 2 rings (SSSR count). The maximum atomic E-state index is 13.7. The molecule has 0 bridgehead atoms. The van der Waals surface area contributed by atoms with Crippen LogP contribution in [-0.2, 0) is 6.54 Å². The van der Waals surface area contributed by atoms with Crippen LogP contribution in [0.2, 0.25) is 5.02 Å². The van der Waals surface area contributed by atoms with Gasteiger partial charge in [0.2, 0.25) is 0 Å². The van der Waals surface area contributed by atoms with Crippen LogP contribution in [0.3, 0.4) is 0 Å². The van der Waals surface area contributed by atoms with Gasteiger partial charge in [-0.15, -0.1) is 0 Å². The molecule has 2 aromatic rings. The molecule has 0 aliphatic rings. The number of benzene rings is 2. The summed E-state index contributed by atoms with van der Waals surface area (Å²) in [5.74, 6) is 0.0167. The topological polar surface area (TPSA) is 35.2 Å². The largest absolute Gasteiger partial charge is 0.454 e. The molecule has 0 aliphatic carbocycles. The van der Waals surface area contributed by atoms with Gasteiger partial charge in [-0.25, -0.2) is 4.39 Å². The highest BCUT2D eigenvalue weighted by molar-refractivity contribution is 9.10. The van der Waals surface area contributed by atoms with Crippen molar-refractivity contribution in [2.75, 3.05) is 0 Å². The zero-order chi connectivity index (χ0) is 13.1. The molecule has 2 nitrogen and oxygen atoms in total. The van der Waals surface area contributed by atoms with Crippen molar-refractivity contribution in [2.24, 2.45) is 5.73 Å². The van der Waals surface area contributed by atoms with Gasteiger partial charge >= 0.3 is 0 Å². The fourth-order valence-electron chi connectivity index (χ4n) is 1.49. The molecular formula is C13H10BrClFNO. The summed E-state index contributed by atoms with van der Waals surface area (Å²) in [6.07, 6.45) is 0. The fraction of sp³-hybridized carbons (Fsp3) is 0.0769. The Balaban J connectivity index is 2.34. The van der Waals surface area contributed by atoms with Crippen LogP contribution in [-0.4, -0.2) is 0 Å². The Morgan fingerprint density at radius 1 is 1.28 bits per heavy atom. The van der Waals surface area contributed by atoms with Crippen LogP contribution >= 0.6 is 27.5 Å². The van der Waals surface area contributed by atoms with Crippen molar-refractivity contribution >= 4 is 27.5 Å². The van der Waals surface area contributed by atoms with Crippen molar-refractivity contribution < 1.29 is 9.13 Å². The van der Waals surface area contributed by atoms with E-state index in [1.54, 1.807) is 18.2 Å². The van der Waals surface area contributed by atoms with Crippen molar-refractivity contribution in [3.05, 3.63) is 57.3 Å². The van der Waals surface area contributed by atoms with Gasteiger partial charge in [0.05, 0.1) is 5.02 Å². The lowest BCUT2D eigenvalue weighted by molar-refractivity contribution is 0.442. The average molecular weight is 331 g/mol. The second kappa shape index (κ2) is 5.69. The van der Waals surface area contributed by atoms with Crippen molar-refractivity contribution in [1.82, 2.24) is 0 Å². The monoisotopic (exact) mass is 329 g/mol. The molecular weight excluding hydrogens is 321 g/mol. The molecule has 0 saturated carbocycles. The van der Waals surface area contributed by atoms with E-state index < -0.39 is 5.82 Å². The van der Waals surface area contributed by atoms with Gasteiger partial charge in [0.15, 0.2) is 11.6 Å². The fourth-order valence-corrected chi connectivity index (χ4v) is 2.17. The highest BCUT2D eigenvalue weighted by atomic mass is 79.9. The van der Waals surface area contributed by atoms with Crippen molar-refractivity contribution in [3.63, 3.8) is 0 Å². The van der Waals surface area contributed by atoms with Crippen LogP contribution in [0.4, 0.5) is 4.39 Å². The maximum Gasteiger partial charge on any atom is 0.184 e. The number of halogens is 3. The van der Waals surface area contributed by atoms with Gasteiger partial charge < -0.3 is 10.5 Å². The minimum Gasteiger partial charge on any atom is -0.454 e. The molecule has 0 unspecified atom stereocenters. The third-order valence-electron chi connectivity index (χ3n) is 2.31. The Kier molecular flexibility index (Phi) is 4.22. The first-order chi connectivity index (χ1) is 8.60. The lowest BCUT2D eigenvalue weighted by atomic mass is 10.2. The van der Waals surface area contributed by atoms with E-state index in [2.05, 4.69) is 15.9 Å². The molecule has 0 spiro atoms. The van der Waals surface area contributed by atoms with Crippen LogP contribution in [0.25, 0.3) is 0 Å². The molecule has 0 amide bonds.